The molecule has 21 heavy (non-hydrogen) atoms. The van der Waals surface area contributed by atoms with Crippen molar-refractivity contribution in [3.8, 4) is 0 Å². The molecule has 0 bridgehead atoms. The van der Waals surface area contributed by atoms with Crippen LogP contribution < -0.4 is 10.6 Å². The predicted molar refractivity (Wildman–Crippen MR) is 84.2 cm³/mol. The summed E-state index contributed by atoms with van der Waals surface area (Å²) in [6.45, 7) is 6.71. The van der Waals surface area contributed by atoms with Crippen LogP contribution in [0.5, 0.6) is 0 Å². The number of likely N-dealkylation sites (tertiary alicyclic amines) is 1. The van der Waals surface area contributed by atoms with Gasteiger partial charge in [0.1, 0.15) is 0 Å². The molecule has 1 aliphatic heterocycles. The zero-order valence-electron chi connectivity index (χ0n) is 13.3. The predicted octanol–water partition coefficient (Wildman–Crippen LogP) is 1.57. The highest BCUT2D eigenvalue weighted by molar-refractivity contribution is 5.74. The van der Waals surface area contributed by atoms with Crippen molar-refractivity contribution in [2.45, 2.75) is 51.5 Å². The lowest BCUT2D eigenvalue weighted by molar-refractivity contribution is 0.179. The van der Waals surface area contributed by atoms with Gasteiger partial charge in [-0.25, -0.2) is 4.79 Å². The Morgan fingerprint density at radius 3 is 2.67 bits per heavy atom. The lowest BCUT2D eigenvalue weighted by Crippen LogP contribution is -2.46. The van der Waals surface area contributed by atoms with Crippen LogP contribution in [0.15, 0.2) is 0 Å². The maximum Gasteiger partial charge on any atom is 0.315 e. The highest BCUT2D eigenvalue weighted by Gasteiger charge is 2.28. The van der Waals surface area contributed by atoms with Gasteiger partial charge < -0.3 is 20.6 Å². The summed E-state index contributed by atoms with van der Waals surface area (Å²) in [5, 5.41) is 15.3. The second-order valence-electron chi connectivity index (χ2n) is 6.62. The minimum absolute atomic E-state index is 0.0589. The number of rotatable bonds is 6. The van der Waals surface area contributed by atoms with Crippen LogP contribution in [0.4, 0.5) is 4.79 Å². The lowest BCUT2D eigenvalue weighted by Gasteiger charge is -2.31. The minimum Gasteiger partial charge on any atom is -0.396 e. The largest absolute Gasteiger partial charge is 0.396 e. The number of hydrogen-bond donors (Lipinski definition) is 3. The first-order valence-electron chi connectivity index (χ1n) is 8.60. The highest BCUT2D eigenvalue weighted by Crippen LogP contribution is 2.24. The first kappa shape index (κ1) is 16.6. The Balaban J connectivity index is 1.61. The van der Waals surface area contributed by atoms with Crippen LogP contribution in [0.1, 0.15) is 45.4 Å². The summed E-state index contributed by atoms with van der Waals surface area (Å²) < 4.78 is 0. The Bertz CT molecular complexity index is 317. The van der Waals surface area contributed by atoms with Gasteiger partial charge in [0.05, 0.1) is 0 Å². The normalized spacial score (nSPS) is 27.7. The molecule has 0 unspecified atom stereocenters. The van der Waals surface area contributed by atoms with Crippen molar-refractivity contribution in [3.05, 3.63) is 0 Å². The fourth-order valence-corrected chi connectivity index (χ4v) is 3.63. The van der Waals surface area contributed by atoms with Crippen LogP contribution >= 0.6 is 0 Å². The average molecular weight is 297 g/mol. The van der Waals surface area contributed by atoms with Gasteiger partial charge in [-0.3, -0.25) is 0 Å². The summed E-state index contributed by atoms with van der Waals surface area (Å²) in [4.78, 5) is 14.5. The summed E-state index contributed by atoms with van der Waals surface area (Å²) in [7, 11) is 0. The van der Waals surface area contributed by atoms with Crippen LogP contribution in [-0.4, -0.2) is 54.9 Å². The molecular weight excluding hydrogens is 266 g/mol. The van der Waals surface area contributed by atoms with Gasteiger partial charge in [-0.15, -0.1) is 0 Å². The van der Waals surface area contributed by atoms with Crippen LogP contribution in [0, 0.1) is 11.8 Å². The van der Waals surface area contributed by atoms with Gasteiger partial charge in [0.2, 0.25) is 0 Å². The van der Waals surface area contributed by atoms with E-state index in [0.717, 1.165) is 38.9 Å². The number of hydrogen-bond acceptors (Lipinski definition) is 3. The SMILES string of the molecule is CCCN1CCC(CNC(=O)N[C@H]2CCC[C@@H]2CO)CC1. The number of aliphatic hydroxyl groups is 1. The second-order valence-corrected chi connectivity index (χ2v) is 6.62. The minimum atomic E-state index is -0.0589. The molecule has 2 rings (SSSR count). The number of piperidine rings is 1. The number of nitrogens with zero attached hydrogens (tertiary/aromatic N) is 1. The molecule has 122 valence electrons. The Labute approximate surface area is 128 Å². The van der Waals surface area contributed by atoms with Gasteiger partial charge in [-0.1, -0.05) is 13.3 Å². The maximum absolute atomic E-state index is 12.0. The molecule has 2 aliphatic rings. The molecule has 1 aliphatic carbocycles. The molecule has 2 amide bonds. The van der Waals surface area contributed by atoms with Gasteiger partial charge in [0.25, 0.3) is 0 Å². The zero-order valence-corrected chi connectivity index (χ0v) is 13.3. The van der Waals surface area contributed by atoms with E-state index in [4.69, 9.17) is 0 Å². The zero-order chi connectivity index (χ0) is 15.1. The van der Waals surface area contributed by atoms with Crippen molar-refractivity contribution >= 4 is 6.03 Å². The first-order chi connectivity index (χ1) is 10.2. The van der Waals surface area contributed by atoms with E-state index in [0.29, 0.717) is 5.92 Å². The average Bonchev–Trinajstić information content (AvgIpc) is 2.94. The Hall–Kier alpha value is -0.810. The van der Waals surface area contributed by atoms with Crippen molar-refractivity contribution in [2.24, 2.45) is 11.8 Å². The van der Waals surface area contributed by atoms with Gasteiger partial charge in [0, 0.05) is 25.1 Å². The molecule has 0 aromatic carbocycles. The number of amides is 2. The van der Waals surface area contributed by atoms with Gasteiger partial charge in [-0.2, -0.15) is 0 Å². The molecule has 3 N–H and O–H groups in total. The monoisotopic (exact) mass is 297 g/mol. The lowest BCUT2D eigenvalue weighted by atomic mass is 9.97. The Kier molecular flexibility index (Phi) is 6.77. The van der Waals surface area contributed by atoms with Crippen LogP contribution in [0.3, 0.4) is 0 Å². The molecule has 5 nitrogen and oxygen atoms in total. The van der Waals surface area contributed by atoms with E-state index in [1.165, 1.54) is 25.8 Å². The molecule has 0 aromatic rings. The Morgan fingerprint density at radius 1 is 1.24 bits per heavy atom. The third-order valence-electron chi connectivity index (χ3n) is 5.01. The van der Waals surface area contributed by atoms with Crippen molar-refractivity contribution in [1.82, 2.24) is 15.5 Å². The summed E-state index contributed by atoms with van der Waals surface area (Å²) in [5.74, 6) is 0.856. The molecule has 1 heterocycles. The van der Waals surface area contributed by atoms with Crippen LogP contribution in [0.25, 0.3) is 0 Å². The summed E-state index contributed by atoms with van der Waals surface area (Å²) in [5.41, 5.74) is 0. The van der Waals surface area contributed by atoms with Crippen LogP contribution in [-0.2, 0) is 0 Å². The van der Waals surface area contributed by atoms with E-state index in [-0.39, 0.29) is 24.6 Å². The summed E-state index contributed by atoms with van der Waals surface area (Å²) in [6, 6.07) is 0.0951. The molecule has 2 atom stereocenters. The van der Waals surface area contributed by atoms with E-state index >= 15 is 0 Å². The number of urea groups is 1. The smallest absolute Gasteiger partial charge is 0.315 e. The number of carbonyl (C=O) groups is 1. The molecule has 1 saturated carbocycles. The van der Waals surface area contributed by atoms with Gasteiger partial charge in [-0.05, 0) is 57.7 Å². The topological polar surface area (TPSA) is 64.6 Å². The Morgan fingerprint density at radius 2 is 2.00 bits per heavy atom. The third kappa shape index (κ3) is 5.15. The van der Waals surface area contributed by atoms with E-state index in [1.54, 1.807) is 0 Å². The first-order valence-corrected chi connectivity index (χ1v) is 8.60. The maximum atomic E-state index is 12.0. The van der Waals surface area contributed by atoms with Gasteiger partial charge in [0.15, 0.2) is 0 Å². The molecule has 0 radical (unpaired) electrons. The quantitative estimate of drug-likeness (QED) is 0.697. The molecule has 1 saturated heterocycles. The molecule has 0 spiro atoms. The van der Waals surface area contributed by atoms with Crippen molar-refractivity contribution < 1.29 is 9.90 Å². The molecule has 2 fully saturated rings. The molecule has 5 heteroatoms. The van der Waals surface area contributed by atoms with E-state index in [9.17, 15) is 9.90 Å². The fraction of sp³-hybridized carbons (Fsp3) is 0.938. The highest BCUT2D eigenvalue weighted by atomic mass is 16.3. The van der Waals surface area contributed by atoms with Crippen molar-refractivity contribution in [1.29, 1.82) is 0 Å². The summed E-state index contributed by atoms with van der Waals surface area (Å²) >= 11 is 0. The van der Waals surface area contributed by atoms with Crippen molar-refractivity contribution in [3.63, 3.8) is 0 Å². The standard InChI is InChI=1S/C16H31N3O2/c1-2-8-19-9-6-13(7-10-19)11-17-16(21)18-15-5-3-4-14(15)12-20/h13-15,20H,2-12H2,1H3,(H2,17,18,21)/t14-,15+/m1/s1. The van der Waals surface area contributed by atoms with Crippen molar-refractivity contribution in [2.75, 3.05) is 32.8 Å². The van der Waals surface area contributed by atoms with E-state index in [1.807, 2.05) is 0 Å². The second kappa shape index (κ2) is 8.59. The number of aliphatic hydroxyl groups excluding tert-OH is 1. The third-order valence-corrected chi connectivity index (χ3v) is 5.01. The number of nitrogens with one attached hydrogen (secondary N) is 2. The van der Waals surface area contributed by atoms with E-state index < -0.39 is 0 Å². The fourth-order valence-electron chi connectivity index (χ4n) is 3.63. The van der Waals surface area contributed by atoms with E-state index in [2.05, 4.69) is 22.5 Å². The molecular formula is C16H31N3O2. The van der Waals surface area contributed by atoms with Crippen LogP contribution in [0.2, 0.25) is 0 Å². The van der Waals surface area contributed by atoms with Gasteiger partial charge >= 0.3 is 6.03 Å². The molecule has 0 aromatic heterocycles. The summed E-state index contributed by atoms with van der Waals surface area (Å²) in [6.07, 6.45) is 6.71. The number of carbonyl (C=O) groups excluding carboxylic acids is 1.